The number of hydrogen-bond acceptors (Lipinski definition) is 5. The van der Waals surface area contributed by atoms with Crippen LogP contribution in [-0.2, 0) is 21.6 Å². The molecule has 0 spiro atoms. The van der Waals surface area contributed by atoms with Crippen LogP contribution < -0.4 is 0 Å². The number of methoxy groups -OCH3 is 1. The Hall–Kier alpha value is -1.23. The smallest absolute Gasteiger partial charge is 0.234 e. The Balaban J connectivity index is 2.17. The van der Waals surface area contributed by atoms with E-state index in [-0.39, 0.29) is 12.2 Å². The molecule has 1 aromatic rings. The Labute approximate surface area is 107 Å². The third kappa shape index (κ3) is 2.61. The van der Waals surface area contributed by atoms with E-state index < -0.39 is 5.60 Å². The summed E-state index contributed by atoms with van der Waals surface area (Å²) in [6.45, 7) is 3.76. The highest BCUT2D eigenvalue weighted by Crippen LogP contribution is 2.40. The lowest BCUT2D eigenvalue weighted by Crippen LogP contribution is -2.34. The first kappa shape index (κ1) is 13.2. The van der Waals surface area contributed by atoms with E-state index in [0.29, 0.717) is 11.7 Å². The molecule has 1 fully saturated rings. The molecule has 0 saturated heterocycles. The molecule has 0 aliphatic heterocycles. The quantitative estimate of drug-likeness (QED) is 0.822. The first-order chi connectivity index (χ1) is 8.55. The number of ether oxygens (including phenoxy) is 1. The highest BCUT2D eigenvalue weighted by molar-refractivity contribution is 5.77. The Kier molecular flexibility index (Phi) is 3.80. The maximum Gasteiger partial charge on any atom is 0.234 e. The summed E-state index contributed by atoms with van der Waals surface area (Å²) in [6.07, 6.45) is 4.21. The van der Waals surface area contributed by atoms with Crippen molar-refractivity contribution in [1.82, 2.24) is 10.1 Å². The van der Waals surface area contributed by atoms with Gasteiger partial charge in [0, 0.05) is 7.11 Å². The standard InChI is InChI=1S/C13H20N2O3/c1-9-4-6-13(17-3,7-5-9)12-14-11(18-15-12)8-10(2)16/h9H,4-8H2,1-3H3. The molecule has 5 nitrogen and oxygen atoms in total. The second-order valence-electron chi connectivity index (χ2n) is 5.27. The Morgan fingerprint density at radius 3 is 2.72 bits per heavy atom. The van der Waals surface area contributed by atoms with E-state index in [1.54, 1.807) is 7.11 Å². The summed E-state index contributed by atoms with van der Waals surface area (Å²) in [5, 5.41) is 4.00. The fourth-order valence-electron chi connectivity index (χ4n) is 2.47. The molecule has 0 unspecified atom stereocenters. The van der Waals surface area contributed by atoms with Gasteiger partial charge >= 0.3 is 0 Å². The van der Waals surface area contributed by atoms with Crippen molar-refractivity contribution in [1.29, 1.82) is 0 Å². The molecule has 1 aliphatic carbocycles. The lowest BCUT2D eigenvalue weighted by Gasteiger charge is -2.35. The second-order valence-corrected chi connectivity index (χ2v) is 5.27. The van der Waals surface area contributed by atoms with E-state index in [4.69, 9.17) is 9.26 Å². The zero-order valence-electron chi connectivity index (χ0n) is 11.2. The van der Waals surface area contributed by atoms with Crippen molar-refractivity contribution < 1.29 is 14.1 Å². The molecule has 0 N–H and O–H groups in total. The van der Waals surface area contributed by atoms with Gasteiger partial charge in [0.25, 0.3) is 0 Å². The maximum atomic E-state index is 11.0. The monoisotopic (exact) mass is 252 g/mol. The van der Waals surface area contributed by atoms with Crippen LogP contribution in [0.2, 0.25) is 0 Å². The number of carbonyl (C=O) groups excluding carboxylic acids is 1. The number of Topliss-reactive ketones (excluding diaryl/α,β-unsaturated/α-hetero) is 1. The van der Waals surface area contributed by atoms with Gasteiger partial charge in [-0.05, 0) is 38.5 Å². The summed E-state index contributed by atoms with van der Waals surface area (Å²) in [6, 6.07) is 0. The van der Waals surface area contributed by atoms with Crippen molar-refractivity contribution in [2.45, 2.75) is 51.6 Å². The molecule has 0 radical (unpaired) electrons. The van der Waals surface area contributed by atoms with Gasteiger partial charge in [-0.15, -0.1) is 0 Å². The van der Waals surface area contributed by atoms with E-state index in [2.05, 4.69) is 17.1 Å². The largest absolute Gasteiger partial charge is 0.370 e. The second kappa shape index (κ2) is 5.18. The van der Waals surface area contributed by atoms with Gasteiger partial charge < -0.3 is 9.26 Å². The highest BCUT2D eigenvalue weighted by atomic mass is 16.5. The number of ketones is 1. The van der Waals surface area contributed by atoms with Crippen molar-refractivity contribution in [3.63, 3.8) is 0 Å². The molecule has 1 heterocycles. The van der Waals surface area contributed by atoms with Crippen LogP contribution in [0.4, 0.5) is 0 Å². The van der Waals surface area contributed by atoms with E-state index in [1.165, 1.54) is 6.92 Å². The molecule has 0 aromatic carbocycles. The average molecular weight is 252 g/mol. The molecular formula is C13H20N2O3. The summed E-state index contributed by atoms with van der Waals surface area (Å²) in [5.74, 6) is 1.71. The predicted octanol–water partition coefficient (Wildman–Crippen LogP) is 2.25. The predicted molar refractivity (Wildman–Crippen MR) is 65.0 cm³/mol. The Bertz CT molecular complexity index is 420. The third-order valence-electron chi connectivity index (χ3n) is 3.75. The maximum absolute atomic E-state index is 11.0. The number of carbonyl (C=O) groups is 1. The van der Waals surface area contributed by atoms with Crippen molar-refractivity contribution in [2.24, 2.45) is 5.92 Å². The number of nitrogens with zero attached hydrogens (tertiary/aromatic N) is 2. The van der Waals surface area contributed by atoms with Crippen LogP contribution >= 0.6 is 0 Å². The van der Waals surface area contributed by atoms with Gasteiger partial charge in [-0.2, -0.15) is 4.98 Å². The molecule has 100 valence electrons. The normalized spacial score (nSPS) is 28.3. The molecule has 0 amide bonds. The average Bonchev–Trinajstić information content (AvgIpc) is 2.79. The van der Waals surface area contributed by atoms with Gasteiger partial charge in [-0.25, -0.2) is 0 Å². The number of hydrogen-bond donors (Lipinski definition) is 0. The summed E-state index contributed by atoms with van der Waals surface area (Å²) >= 11 is 0. The van der Waals surface area contributed by atoms with Crippen LogP contribution in [0.15, 0.2) is 4.52 Å². The van der Waals surface area contributed by atoms with E-state index >= 15 is 0 Å². The molecule has 18 heavy (non-hydrogen) atoms. The summed E-state index contributed by atoms with van der Waals surface area (Å²) in [5.41, 5.74) is -0.426. The topological polar surface area (TPSA) is 65.2 Å². The Morgan fingerprint density at radius 1 is 1.50 bits per heavy atom. The third-order valence-corrected chi connectivity index (χ3v) is 3.75. The minimum Gasteiger partial charge on any atom is -0.370 e. The van der Waals surface area contributed by atoms with Crippen molar-refractivity contribution in [3.8, 4) is 0 Å². The van der Waals surface area contributed by atoms with Gasteiger partial charge in [0.1, 0.15) is 11.4 Å². The fraction of sp³-hybridized carbons (Fsp3) is 0.769. The van der Waals surface area contributed by atoms with E-state index in [1.807, 2.05) is 0 Å². The Morgan fingerprint density at radius 2 is 2.17 bits per heavy atom. The summed E-state index contributed by atoms with van der Waals surface area (Å²) in [7, 11) is 1.69. The highest BCUT2D eigenvalue weighted by Gasteiger charge is 2.40. The van der Waals surface area contributed by atoms with Crippen LogP contribution in [0.3, 0.4) is 0 Å². The first-order valence-electron chi connectivity index (χ1n) is 6.43. The zero-order valence-corrected chi connectivity index (χ0v) is 11.2. The lowest BCUT2D eigenvalue weighted by molar-refractivity contribution is -0.116. The fourth-order valence-corrected chi connectivity index (χ4v) is 2.47. The minimum atomic E-state index is -0.426. The van der Waals surface area contributed by atoms with Gasteiger partial charge in [-0.1, -0.05) is 12.1 Å². The zero-order chi connectivity index (χ0) is 13.2. The summed E-state index contributed by atoms with van der Waals surface area (Å²) < 4.78 is 10.8. The lowest BCUT2D eigenvalue weighted by atomic mass is 9.79. The first-order valence-corrected chi connectivity index (χ1v) is 6.43. The summed E-state index contributed by atoms with van der Waals surface area (Å²) in [4.78, 5) is 15.4. The SMILES string of the molecule is COC1(c2noc(CC(C)=O)n2)CCC(C)CC1. The van der Waals surface area contributed by atoms with Crippen LogP contribution in [0, 0.1) is 5.92 Å². The van der Waals surface area contributed by atoms with E-state index in [0.717, 1.165) is 31.6 Å². The van der Waals surface area contributed by atoms with Crippen LogP contribution in [0.25, 0.3) is 0 Å². The van der Waals surface area contributed by atoms with E-state index in [9.17, 15) is 4.79 Å². The van der Waals surface area contributed by atoms with Gasteiger partial charge in [-0.3, -0.25) is 4.79 Å². The van der Waals surface area contributed by atoms with Gasteiger partial charge in [0.2, 0.25) is 11.7 Å². The molecule has 1 aromatic heterocycles. The number of aromatic nitrogens is 2. The molecule has 5 heteroatoms. The molecule has 0 bridgehead atoms. The van der Waals surface area contributed by atoms with Gasteiger partial charge in [0.05, 0.1) is 6.42 Å². The van der Waals surface area contributed by atoms with Gasteiger partial charge in [0.15, 0.2) is 0 Å². The molecular weight excluding hydrogens is 232 g/mol. The minimum absolute atomic E-state index is 0.0222. The molecule has 1 aliphatic rings. The van der Waals surface area contributed by atoms with Crippen LogP contribution in [0.5, 0.6) is 0 Å². The van der Waals surface area contributed by atoms with Crippen LogP contribution in [0.1, 0.15) is 51.2 Å². The van der Waals surface area contributed by atoms with Crippen molar-refractivity contribution >= 4 is 5.78 Å². The van der Waals surface area contributed by atoms with Crippen molar-refractivity contribution in [3.05, 3.63) is 11.7 Å². The van der Waals surface area contributed by atoms with Crippen LogP contribution in [-0.4, -0.2) is 23.0 Å². The molecule has 2 rings (SSSR count). The molecule has 0 atom stereocenters. The van der Waals surface area contributed by atoms with Crippen molar-refractivity contribution in [2.75, 3.05) is 7.11 Å². The molecule has 1 saturated carbocycles. The number of rotatable bonds is 4.